The highest BCUT2D eigenvalue weighted by Crippen LogP contribution is 2.43. The molecule has 2 amide bonds. The van der Waals surface area contributed by atoms with Crippen LogP contribution in [0.15, 0.2) is 24.3 Å². The van der Waals surface area contributed by atoms with E-state index in [1.807, 2.05) is 6.92 Å². The van der Waals surface area contributed by atoms with Gasteiger partial charge in [-0.25, -0.2) is 0 Å². The molecule has 3 rings (SSSR count). The van der Waals surface area contributed by atoms with Crippen molar-refractivity contribution in [2.45, 2.75) is 26.2 Å². The molecule has 0 radical (unpaired) electrons. The number of anilines is 1. The first-order valence-electron chi connectivity index (χ1n) is 7.20. The summed E-state index contributed by atoms with van der Waals surface area (Å²) in [5, 5.41) is 10.9. The number of hydrogen-bond donors (Lipinski definition) is 0. The number of nitrogens with zero attached hydrogens (tertiary/aromatic N) is 1. The molecule has 1 aliphatic heterocycles. The molecule has 1 aromatic rings. The van der Waals surface area contributed by atoms with Gasteiger partial charge in [0.15, 0.2) is 0 Å². The van der Waals surface area contributed by atoms with Crippen LogP contribution in [-0.4, -0.2) is 17.8 Å². The lowest BCUT2D eigenvalue weighted by molar-refractivity contribution is -0.255. The third kappa shape index (κ3) is 2.13. The lowest BCUT2D eigenvalue weighted by atomic mass is 9.74. The monoisotopic (exact) mass is 286 g/mol. The third-order valence-corrected chi connectivity index (χ3v) is 4.60. The summed E-state index contributed by atoms with van der Waals surface area (Å²) < 4.78 is 0. The van der Waals surface area contributed by atoms with Crippen LogP contribution in [0.5, 0.6) is 0 Å². The Morgan fingerprint density at radius 1 is 1.24 bits per heavy atom. The Bertz CT molecular complexity index is 624. The summed E-state index contributed by atoms with van der Waals surface area (Å²) in [4.78, 5) is 37.2. The molecule has 2 fully saturated rings. The number of carboxylic acid groups (broad SMARTS) is 1. The van der Waals surface area contributed by atoms with Gasteiger partial charge in [0.1, 0.15) is 0 Å². The summed E-state index contributed by atoms with van der Waals surface area (Å²) in [6.45, 7) is 2.00. The highest BCUT2D eigenvalue weighted by Gasteiger charge is 2.51. The summed E-state index contributed by atoms with van der Waals surface area (Å²) in [5.74, 6) is -2.05. The highest BCUT2D eigenvalue weighted by molar-refractivity contribution is 6.22. The molecule has 1 heterocycles. The Hall–Kier alpha value is -2.17. The molecule has 1 saturated heterocycles. The molecule has 1 saturated carbocycles. The SMILES string of the molecule is C[C@H]1CCC[C@H]2C(=O)N(c3cccc(C(=O)[O-])c3)C(=O)[C@H]12. The van der Waals surface area contributed by atoms with E-state index in [9.17, 15) is 19.5 Å². The smallest absolute Gasteiger partial charge is 0.237 e. The van der Waals surface area contributed by atoms with Crippen LogP contribution in [0.4, 0.5) is 5.69 Å². The average Bonchev–Trinajstić information content (AvgIpc) is 2.72. The van der Waals surface area contributed by atoms with Crippen molar-refractivity contribution in [2.75, 3.05) is 4.90 Å². The topological polar surface area (TPSA) is 77.5 Å². The Balaban J connectivity index is 1.99. The maximum absolute atomic E-state index is 12.6. The predicted octanol–water partition coefficient (Wildman–Crippen LogP) is 0.976. The molecule has 0 unspecified atom stereocenters. The van der Waals surface area contributed by atoms with Crippen LogP contribution in [0.2, 0.25) is 0 Å². The van der Waals surface area contributed by atoms with Gasteiger partial charge in [-0.05, 0) is 36.5 Å². The summed E-state index contributed by atoms with van der Waals surface area (Å²) >= 11 is 0. The molecule has 5 heteroatoms. The first-order valence-corrected chi connectivity index (χ1v) is 7.20. The number of carbonyl (C=O) groups is 3. The standard InChI is InChI=1S/C16H17NO4/c1-9-4-2-7-12-13(9)15(19)17(14(12)18)11-6-3-5-10(8-11)16(20)21/h3,5-6,8-9,12-13H,2,4,7H2,1H3,(H,20,21)/p-1/t9-,12+,13+/m0/s1. The first kappa shape index (κ1) is 13.8. The minimum absolute atomic E-state index is 0.0315. The number of fused-ring (bicyclic) bond motifs is 1. The molecule has 0 N–H and O–H groups in total. The second-order valence-electron chi connectivity index (χ2n) is 5.89. The van der Waals surface area contributed by atoms with Gasteiger partial charge in [0.2, 0.25) is 11.8 Å². The fourth-order valence-electron chi connectivity index (χ4n) is 3.56. The van der Waals surface area contributed by atoms with Gasteiger partial charge in [-0.2, -0.15) is 0 Å². The minimum atomic E-state index is -1.32. The van der Waals surface area contributed by atoms with Crippen LogP contribution in [0.25, 0.3) is 0 Å². The molecule has 0 spiro atoms. The van der Waals surface area contributed by atoms with E-state index < -0.39 is 5.97 Å². The number of rotatable bonds is 2. The molecule has 5 nitrogen and oxygen atoms in total. The van der Waals surface area contributed by atoms with E-state index >= 15 is 0 Å². The van der Waals surface area contributed by atoms with Gasteiger partial charge in [-0.1, -0.05) is 25.5 Å². The number of carboxylic acids is 1. The van der Waals surface area contributed by atoms with Gasteiger partial charge < -0.3 is 9.90 Å². The summed E-state index contributed by atoms with van der Waals surface area (Å²) in [5.41, 5.74) is 0.296. The van der Waals surface area contributed by atoms with Gasteiger partial charge in [0.05, 0.1) is 23.5 Å². The summed E-state index contributed by atoms with van der Waals surface area (Å²) in [6, 6.07) is 5.82. The van der Waals surface area contributed by atoms with Gasteiger partial charge >= 0.3 is 0 Å². The lowest BCUT2D eigenvalue weighted by Gasteiger charge is -2.27. The lowest BCUT2D eigenvalue weighted by Crippen LogP contribution is -2.32. The Kier molecular flexibility index (Phi) is 3.27. The Morgan fingerprint density at radius 3 is 2.67 bits per heavy atom. The largest absolute Gasteiger partial charge is 0.545 e. The van der Waals surface area contributed by atoms with Crippen molar-refractivity contribution >= 4 is 23.5 Å². The molecule has 3 atom stereocenters. The predicted molar refractivity (Wildman–Crippen MR) is 73.3 cm³/mol. The molecule has 110 valence electrons. The average molecular weight is 286 g/mol. The van der Waals surface area contributed by atoms with E-state index in [0.29, 0.717) is 5.69 Å². The maximum atomic E-state index is 12.6. The zero-order chi connectivity index (χ0) is 15.1. The van der Waals surface area contributed by atoms with Crippen molar-refractivity contribution < 1.29 is 19.5 Å². The van der Waals surface area contributed by atoms with Crippen molar-refractivity contribution in [1.82, 2.24) is 0 Å². The van der Waals surface area contributed by atoms with E-state index in [2.05, 4.69) is 0 Å². The summed E-state index contributed by atoms with van der Waals surface area (Å²) in [7, 11) is 0. The molecular formula is C16H16NO4-. The molecule has 0 aromatic heterocycles. The fraction of sp³-hybridized carbons (Fsp3) is 0.438. The second-order valence-corrected chi connectivity index (χ2v) is 5.89. The van der Waals surface area contributed by atoms with Crippen molar-refractivity contribution in [1.29, 1.82) is 0 Å². The van der Waals surface area contributed by atoms with Crippen LogP contribution in [0.3, 0.4) is 0 Å². The van der Waals surface area contributed by atoms with Gasteiger partial charge in [0.25, 0.3) is 0 Å². The molecular weight excluding hydrogens is 270 g/mol. The van der Waals surface area contributed by atoms with E-state index in [1.54, 1.807) is 6.07 Å². The molecule has 1 aliphatic carbocycles. The quantitative estimate of drug-likeness (QED) is 0.759. The molecule has 0 bridgehead atoms. The number of hydrogen-bond acceptors (Lipinski definition) is 4. The second kappa shape index (κ2) is 4.98. The zero-order valence-corrected chi connectivity index (χ0v) is 11.7. The zero-order valence-electron chi connectivity index (χ0n) is 11.7. The van der Waals surface area contributed by atoms with Crippen LogP contribution in [0.1, 0.15) is 36.5 Å². The van der Waals surface area contributed by atoms with Crippen LogP contribution >= 0.6 is 0 Å². The van der Waals surface area contributed by atoms with Crippen molar-refractivity contribution in [2.24, 2.45) is 17.8 Å². The summed E-state index contributed by atoms with van der Waals surface area (Å²) in [6.07, 6.45) is 2.64. The van der Waals surface area contributed by atoms with E-state index in [-0.39, 0.29) is 35.1 Å². The first-order chi connectivity index (χ1) is 10.0. The number of amides is 2. The van der Waals surface area contributed by atoms with E-state index in [4.69, 9.17) is 0 Å². The minimum Gasteiger partial charge on any atom is -0.545 e. The van der Waals surface area contributed by atoms with Gasteiger partial charge in [-0.15, -0.1) is 0 Å². The number of aromatic carboxylic acids is 1. The van der Waals surface area contributed by atoms with Crippen molar-refractivity contribution in [3.63, 3.8) is 0 Å². The molecule has 2 aliphatic rings. The van der Waals surface area contributed by atoms with Crippen LogP contribution < -0.4 is 10.0 Å². The number of imide groups is 1. The van der Waals surface area contributed by atoms with Crippen LogP contribution in [-0.2, 0) is 9.59 Å². The van der Waals surface area contributed by atoms with Crippen molar-refractivity contribution in [3.05, 3.63) is 29.8 Å². The van der Waals surface area contributed by atoms with E-state index in [1.165, 1.54) is 18.2 Å². The Morgan fingerprint density at radius 2 is 2.00 bits per heavy atom. The maximum Gasteiger partial charge on any atom is 0.237 e. The molecule has 21 heavy (non-hydrogen) atoms. The molecule has 1 aromatic carbocycles. The highest BCUT2D eigenvalue weighted by atomic mass is 16.4. The van der Waals surface area contributed by atoms with Crippen LogP contribution in [0, 0.1) is 17.8 Å². The fourth-order valence-corrected chi connectivity index (χ4v) is 3.56. The number of benzene rings is 1. The van der Waals surface area contributed by atoms with E-state index in [0.717, 1.165) is 24.2 Å². The third-order valence-electron chi connectivity index (χ3n) is 4.60. The van der Waals surface area contributed by atoms with Gasteiger partial charge in [-0.3, -0.25) is 14.5 Å². The normalized spacial score (nSPS) is 28.6. The number of carbonyl (C=O) groups excluding carboxylic acids is 3. The van der Waals surface area contributed by atoms with Crippen molar-refractivity contribution in [3.8, 4) is 0 Å². The Labute approximate surface area is 122 Å². The van der Waals surface area contributed by atoms with Gasteiger partial charge in [0, 0.05) is 0 Å².